The number of halogens is 4. The highest BCUT2D eigenvalue weighted by molar-refractivity contribution is 5.88. The summed E-state index contributed by atoms with van der Waals surface area (Å²) in [5, 5.41) is 4.36. The van der Waals surface area contributed by atoms with Gasteiger partial charge in [-0.3, -0.25) is 0 Å². The van der Waals surface area contributed by atoms with Crippen molar-refractivity contribution < 1.29 is 13.2 Å². The summed E-state index contributed by atoms with van der Waals surface area (Å²) < 4.78 is 42.8. The Morgan fingerprint density at radius 1 is 0.657 bits per heavy atom. The number of rotatable bonds is 7. The van der Waals surface area contributed by atoms with Crippen molar-refractivity contribution in [2.75, 3.05) is 0 Å². The predicted octanol–water partition coefficient (Wildman–Crippen LogP) is 7.49. The van der Waals surface area contributed by atoms with E-state index in [-0.39, 0.29) is 24.8 Å². The van der Waals surface area contributed by atoms with Gasteiger partial charge in [-0.25, -0.2) is 13.2 Å². The second kappa shape index (κ2) is 10.8. The Kier molecular flexibility index (Phi) is 7.59. The lowest BCUT2D eigenvalue weighted by Gasteiger charge is -2.07. The zero-order chi connectivity index (χ0) is 23.5. The summed E-state index contributed by atoms with van der Waals surface area (Å²) in [5.41, 5.74) is 5.69. The lowest BCUT2D eigenvalue weighted by molar-refractivity contribution is 0.560. The van der Waals surface area contributed by atoms with Crippen molar-refractivity contribution in [2.24, 2.45) is 0 Å². The smallest absolute Gasteiger partial charge is 0.130 e. The highest BCUT2D eigenvalue weighted by Crippen LogP contribution is 2.29. The van der Waals surface area contributed by atoms with Gasteiger partial charge in [-0.2, -0.15) is 0 Å². The molecule has 1 heterocycles. The maximum absolute atomic E-state index is 14.0. The van der Waals surface area contributed by atoms with Gasteiger partial charge >= 0.3 is 0 Å². The molecule has 178 valence electrons. The van der Waals surface area contributed by atoms with Gasteiger partial charge in [-0.15, -0.1) is 12.4 Å². The minimum Gasteiger partial charge on any atom is -0.343 e. The third kappa shape index (κ3) is 5.59. The van der Waals surface area contributed by atoms with Crippen LogP contribution in [0.4, 0.5) is 13.2 Å². The monoisotopic (exact) mass is 492 g/mol. The van der Waals surface area contributed by atoms with Crippen molar-refractivity contribution in [1.29, 1.82) is 0 Å². The van der Waals surface area contributed by atoms with Crippen LogP contribution in [-0.4, -0.2) is 4.57 Å². The average molecular weight is 493 g/mol. The summed E-state index contributed by atoms with van der Waals surface area (Å²) in [6.45, 7) is 1.52. The Bertz CT molecular complexity index is 1430. The van der Waals surface area contributed by atoms with Crippen LogP contribution in [0.3, 0.4) is 0 Å². The number of aromatic nitrogens is 1. The number of fused-ring (bicyclic) bond motifs is 1. The van der Waals surface area contributed by atoms with E-state index >= 15 is 0 Å². The Morgan fingerprint density at radius 3 is 2.09 bits per heavy atom. The summed E-state index contributed by atoms with van der Waals surface area (Å²) >= 11 is 0. The molecule has 0 aliphatic rings. The molecule has 0 radical (unpaired) electrons. The van der Waals surface area contributed by atoms with Crippen LogP contribution in [0.25, 0.3) is 22.0 Å². The fraction of sp³-hybridized carbons (Fsp3) is 0.103. The number of nitrogens with zero attached hydrogens (tertiary/aromatic N) is 1. The molecule has 0 saturated heterocycles. The van der Waals surface area contributed by atoms with E-state index in [1.807, 2.05) is 24.3 Å². The largest absolute Gasteiger partial charge is 0.343 e. The Hall–Kier alpha value is -3.54. The lowest BCUT2D eigenvalue weighted by atomic mass is 10.0. The zero-order valence-corrected chi connectivity index (χ0v) is 19.7. The molecular weight excluding hydrogens is 469 g/mol. The fourth-order valence-corrected chi connectivity index (χ4v) is 4.24. The first-order valence-corrected chi connectivity index (χ1v) is 11.1. The van der Waals surface area contributed by atoms with Crippen molar-refractivity contribution in [3.63, 3.8) is 0 Å². The van der Waals surface area contributed by atoms with Gasteiger partial charge in [0.1, 0.15) is 17.5 Å². The maximum Gasteiger partial charge on any atom is 0.130 e. The van der Waals surface area contributed by atoms with Gasteiger partial charge < -0.3 is 9.88 Å². The van der Waals surface area contributed by atoms with Gasteiger partial charge in [0.15, 0.2) is 0 Å². The second-order valence-corrected chi connectivity index (χ2v) is 8.35. The molecule has 1 N–H and O–H groups in total. The first-order valence-electron chi connectivity index (χ1n) is 11.1. The lowest BCUT2D eigenvalue weighted by Crippen LogP contribution is -2.13. The molecule has 35 heavy (non-hydrogen) atoms. The number of hydrogen-bond donors (Lipinski definition) is 1. The molecular formula is C29H24ClF3N2. The number of benzene rings is 4. The molecule has 0 fully saturated rings. The van der Waals surface area contributed by atoms with Gasteiger partial charge in [-0.1, -0.05) is 54.6 Å². The topological polar surface area (TPSA) is 17.0 Å². The highest BCUT2D eigenvalue weighted by atomic mass is 35.5. The van der Waals surface area contributed by atoms with Crippen molar-refractivity contribution in [3.05, 3.63) is 131 Å². The summed E-state index contributed by atoms with van der Waals surface area (Å²) in [7, 11) is 0. The van der Waals surface area contributed by atoms with E-state index in [0.29, 0.717) is 12.1 Å². The van der Waals surface area contributed by atoms with Gasteiger partial charge in [0.05, 0.1) is 0 Å². The van der Waals surface area contributed by atoms with Crippen molar-refractivity contribution >= 4 is 23.3 Å². The second-order valence-electron chi connectivity index (χ2n) is 8.35. The van der Waals surface area contributed by atoms with Gasteiger partial charge in [-0.05, 0) is 52.6 Å². The molecule has 5 aromatic rings. The van der Waals surface area contributed by atoms with E-state index in [0.717, 1.165) is 40.2 Å². The van der Waals surface area contributed by atoms with E-state index in [1.165, 1.54) is 29.8 Å². The van der Waals surface area contributed by atoms with Crippen LogP contribution in [0.2, 0.25) is 0 Å². The Balaban J connectivity index is 0.00000289. The van der Waals surface area contributed by atoms with E-state index in [9.17, 15) is 13.2 Å². The maximum atomic E-state index is 14.0. The predicted molar refractivity (Wildman–Crippen MR) is 137 cm³/mol. The summed E-state index contributed by atoms with van der Waals surface area (Å²) in [6, 6.07) is 26.5. The molecule has 0 unspecified atom stereocenters. The SMILES string of the molecule is Cl.Fc1ccc(-c2ccc3c(c2)c(CNCc2ccc(F)cc2F)cn3Cc2ccccc2)cc1. The molecule has 0 bridgehead atoms. The molecule has 2 nitrogen and oxygen atoms in total. The molecule has 5 rings (SSSR count). The molecule has 0 aliphatic carbocycles. The summed E-state index contributed by atoms with van der Waals surface area (Å²) in [6.07, 6.45) is 2.11. The third-order valence-electron chi connectivity index (χ3n) is 5.98. The Morgan fingerprint density at radius 2 is 1.34 bits per heavy atom. The molecule has 6 heteroatoms. The summed E-state index contributed by atoms with van der Waals surface area (Å²) in [4.78, 5) is 0. The van der Waals surface area contributed by atoms with Crippen molar-refractivity contribution in [1.82, 2.24) is 9.88 Å². The molecule has 0 saturated carbocycles. The van der Waals surface area contributed by atoms with Crippen LogP contribution in [-0.2, 0) is 19.6 Å². The molecule has 4 aromatic carbocycles. The first kappa shape index (κ1) is 24.6. The van der Waals surface area contributed by atoms with Crippen LogP contribution in [0, 0.1) is 17.5 Å². The normalized spacial score (nSPS) is 10.9. The minimum absolute atomic E-state index is 0. The van der Waals surface area contributed by atoms with E-state index in [1.54, 1.807) is 12.1 Å². The van der Waals surface area contributed by atoms with E-state index in [4.69, 9.17) is 0 Å². The molecule has 1 aromatic heterocycles. The molecule has 0 aliphatic heterocycles. The van der Waals surface area contributed by atoms with Crippen LogP contribution in [0.15, 0.2) is 97.2 Å². The van der Waals surface area contributed by atoms with Gasteiger partial charge in [0, 0.05) is 48.4 Å². The van der Waals surface area contributed by atoms with Crippen LogP contribution < -0.4 is 5.32 Å². The van der Waals surface area contributed by atoms with E-state index in [2.05, 4.69) is 40.3 Å². The van der Waals surface area contributed by atoms with Crippen molar-refractivity contribution in [2.45, 2.75) is 19.6 Å². The van der Waals surface area contributed by atoms with E-state index < -0.39 is 11.6 Å². The zero-order valence-electron chi connectivity index (χ0n) is 18.8. The van der Waals surface area contributed by atoms with Crippen LogP contribution in [0.1, 0.15) is 16.7 Å². The third-order valence-corrected chi connectivity index (χ3v) is 5.98. The molecule has 0 amide bonds. The van der Waals surface area contributed by atoms with Gasteiger partial charge in [0.2, 0.25) is 0 Å². The van der Waals surface area contributed by atoms with Crippen LogP contribution >= 0.6 is 12.4 Å². The standard InChI is InChI=1S/C29H23F3N2.ClH/c30-25-10-6-21(7-11-25)22-9-13-29-27(14-22)24(19-34(29)18-20-4-2-1-3-5-20)17-33-16-23-8-12-26(31)15-28(23)32;/h1-15,19,33H,16-18H2;1H. The fourth-order valence-electron chi connectivity index (χ4n) is 4.24. The molecule has 0 atom stereocenters. The number of hydrogen-bond acceptors (Lipinski definition) is 1. The van der Waals surface area contributed by atoms with Crippen molar-refractivity contribution in [3.8, 4) is 11.1 Å². The molecule has 0 spiro atoms. The minimum atomic E-state index is -0.585. The Labute approximate surface area is 208 Å². The van der Waals surface area contributed by atoms with Gasteiger partial charge in [0.25, 0.3) is 0 Å². The first-order chi connectivity index (χ1) is 16.6. The summed E-state index contributed by atoms with van der Waals surface area (Å²) in [5.74, 6) is -1.41. The average Bonchev–Trinajstić information content (AvgIpc) is 3.18. The number of nitrogens with one attached hydrogen (secondary N) is 1. The van der Waals surface area contributed by atoms with Crippen LogP contribution in [0.5, 0.6) is 0 Å². The quantitative estimate of drug-likeness (QED) is 0.249. The highest BCUT2D eigenvalue weighted by Gasteiger charge is 2.12.